The predicted molar refractivity (Wildman–Crippen MR) is 147 cm³/mol. The van der Waals surface area contributed by atoms with Crippen LogP contribution in [0.15, 0.2) is 0 Å². The quantitative estimate of drug-likeness (QED) is 0.134. The maximum Gasteiger partial charge on any atom is 0.408 e. The molecule has 0 fully saturated rings. The molecule has 36 heavy (non-hydrogen) atoms. The summed E-state index contributed by atoms with van der Waals surface area (Å²) in [5.41, 5.74) is -0.663. The molecule has 0 spiro atoms. The molecule has 8 heteroatoms. The highest BCUT2D eigenvalue weighted by atomic mass is 16.6. The summed E-state index contributed by atoms with van der Waals surface area (Å²) >= 11 is 0. The highest BCUT2D eigenvalue weighted by Gasteiger charge is 2.23. The van der Waals surface area contributed by atoms with Crippen molar-refractivity contribution in [1.82, 2.24) is 16.0 Å². The van der Waals surface area contributed by atoms with E-state index >= 15 is 0 Å². The van der Waals surface area contributed by atoms with Gasteiger partial charge in [-0.3, -0.25) is 4.79 Å². The van der Waals surface area contributed by atoms with E-state index in [1.165, 1.54) is 70.6 Å². The van der Waals surface area contributed by atoms with Crippen LogP contribution in [0.1, 0.15) is 118 Å². The lowest BCUT2D eigenvalue weighted by Crippen LogP contribution is -2.50. The van der Waals surface area contributed by atoms with E-state index in [-0.39, 0.29) is 0 Å². The van der Waals surface area contributed by atoms with E-state index in [2.05, 4.69) is 22.9 Å². The van der Waals surface area contributed by atoms with Crippen molar-refractivity contribution in [3.05, 3.63) is 0 Å². The first-order valence-electron chi connectivity index (χ1n) is 14.5. The van der Waals surface area contributed by atoms with Crippen LogP contribution in [-0.4, -0.2) is 68.2 Å². The molecule has 0 aromatic heterocycles. The van der Waals surface area contributed by atoms with E-state index < -0.39 is 30.3 Å². The van der Waals surface area contributed by atoms with Crippen LogP contribution in [0.3, 0.4) is 0 Å². The van der Waals surface area contributed by atoms with Crippen LogP contribution < -0.4 is 16.0 Å². The minimum atomic E-state index is -1.02. The van der Waals surface area contributed by atoms with Gasteiger partial charge in [0.25, 0.3) is 0 Å². The van der Waals surface area contributed by atoms with Crippen molar-refractivity contribution < 1.29 is 24.2 Å². The number of aliphatic hydroxyl groups excluding tert-OH is 1. The van der Waals surface area contributed by atoms with Crippen molar-refractivity contribution in [1.29, 1.82) is 0 Å². The number of carbonyl (C=O) groups is 2. The van der Waals surface area contributed by atoms with Crippen molar-refractivity contribution in [3.8, 4) is 0 Å². The van der Waals surface area contributed by atoms with Crippen molar-refractivity contribution in [2.24, 2.45) is 0 Å². The lowest BCUT2D eigenvalue weighted by molar-refractivity contribution is -0.124. The van der Waals surface area contributed by atoms with Gasteiger partial charge in [-0.05, 0) is 53.1 Å². The maximum atomic E-state index is 12.1. The van der Waals surface area contributed by atoms with Gasteiger partial charge in [0, 0.05) is 19.8 Å². The van der Waals surface area contributed by atoms with Crippen molar-refractivity contribution in [2.75, 3.05) is 39.5 Å². The van der Waals surface area contributed by atoms with Crippen LogP contribution in [0.2, 0.25) is 0 Å². The van der Waals surface area contributed by atoms with Gasteiger partial charge >= 0.3 is 6.09 Å². The first-order valence-corrected chi connectivity index (χ1v) is 14.5. The molecule has 8 nitrogen and oxygen atoms in total. The van der Waals surface area contributed by atoms with Crippen LogP contribution in [0.5, 0.6) is 0 Å². The second-order valence-corrected chi connectivity index (χ2v) is 10.6. The van der Waals surface area contributed by atoms with Crippen molar-refractivity contribution in [3.63, 3.8) is 0 Å². The fourth-order valence-corrected chi connectivity index (χ4v) is 3.76. The summed E-state index contributed by atoms with van der Waals surface area (Å²) < 4.78 is 10.8. The van der Waals surface area contributed by atoms with E-state index in [0.29, 0.717) is 6.54 Å². The fourth-order valence-electron chi connectivity index (χ4n) is 3.76. The molecule has 1 atom stereocenters. The second-order valence-electron chi connectivity index (χ2n) is 10.6. The van der Waals surface area contributed by atoms with E-state index in [1.807, 2.05) is 0 Å². The number of unbranched alkanes of at least 4 members (excludes halogenated alkanes) is 11. The Morgan fingerprint density at radius 2 is 1.28 bits per heavy atom. The van der Waals surface area contributed by atoms with Gasteiger partial charge in [-0.15, -0.1) is 0 Å². The molecule has 214 valence electrons. The molecule has 2 amide bonds. The van der Waals surface area contributed by atoms with E-state index in [0.717, 1.165) is 45.6 Å². The third kappa shape index (κ3) is 24.3. The molecule has 0 aliphatic heterocycles. The third-order valence-corrected chi connectivity index (χ3v) is 5.80. The summed E-state index contributed by atoms with van der Waals surface area (Å²) in [6.07, 6.45) is 17.3. The van der Waals surface area contributed by atoms with Crippen LogP contribution >= 0.6 is 0 Å². The Kier molecular flexibility index (Phi) is 23.1. The Morgan fingerprint density at radius 1 is 0.750 bits per heavy atom. The van der Waals surface area contributed by atoms with Crippen LogP contribution in [0, 0.1) is 0 Å². The van der Waals surface area contributed by atoms with E-state index in [4.69, 9.17) is 9.47 Å². The molecule has 4 N–H and O–H groups in total. The molecule has 0 bridgehead atoms. The van der Waals surface area contributed by atoms with Crippen molar-refractivity contribution in [2.45, 2.75) is 129 Å². The summed E-state index contributed by atoms with van der Waals surface area (Å²) in [6.45, 7) is 10.7. The molecule has 0 aliphatic rings. The number of aliphatic hydroxyl groups is 1. The number of alkyl carbamates (subject to hydrolysis) is 1. The molecule has 0 unspecified atom stereocenters. The summed E-state index contributed by atoms with van der Waals surface area (Å²) in [4.78, 5) is 23.9. The van der Waals surface area contributed by atoms with E-state index in [9.17, 15) is 14.7 Å². The number of nitrogens with one attached hydrogen (secondary N) is 3. The summed E-state index contributed by atoms with van der Waals surface area (Å²) in [6, 6.07) is -1.02. The van der Waals surface area contributed by atoms with Gasteiger partial charge in [0.2, 0.25) is 5.91 Å². The Labute approximate surface area is 221 Å². The van der Waals surface area contributed by atoms with Crippen LogP contribution in [0.25, 0.3) is 0 Å². The third-order valence-electron chi connectivity index (χ3n) is 5.80. The fraction of sp³-hybridized carbons (Fsp3) is 0.929. The van der Waals surface area contributed by atoms with Gasteiger partial charge in [0.1, 0.15) is 11.6 Å². The minimum absolute atomic E-state index is 0.422. The molecule has 0 aromatic carbocycles. The van der Waals surface area contributed by atoms with E-state index in [1.54, 1.807) is 20.8 Å². The molecule has 0 saturated heterocycles. The summed E-state index contributed by atoms with van der Waals surface area (Å²) in [7, 11) is 0. The molecular weight excluding hydrogens is 458 g/mol. The zero-order valence-corrected chi connectivity index (χ0v) is 23.8. The van der Waals surface area contributed by atoms with Crippen molar-refractivity contribution >= 4 is 12.0 Å². The zero-order chi connectivity index (χ0) is 26.9. The molecule has 0 saturated carbocycles. The molecule has 0 aliphatic carbocycles. The van der Waals surface area contributed by atoms with Gasteiger partial charge in [0.05, 0.1) is 6.61 Å². The Bertz CT molecular complexity index is 526. The first kappa shape index (κ1) is 34.6. The number of ether oxygens (including phenoxy) is 2. The first-order chi connectivity index (χ1) is 17.3. The molecule has 0 radical (unpaired) electrons. The molecule has 0 rings (SSSR count). The largest absolute Gasteiger partial charge is 0.444 e. The predicted octanol–water partition coefficient (Wildman–Crippen LogP) is 5.08. The topological polar surface area (TPSA) is 109 Å². The van der Waals surface area contributed by atoms with Crippen LogP contribution in [-0.2, 0) is 14.3 Å². The highest BCUT2D eigenvalue weighted by molar-refractivity contribution is 5.85. The second kappa shape index (κ2) is 24.0. The monoisotopic (exact) mass is 515 g/mol. The number of hydrogen-bond acceptors (Lipinski definition) is 6. The Balaban J connectivity index is 3.41. The lowest BCUT2D eigenvalue weighted by Gasteiger charge is -2.22. The molecular formula is C28H57N3O5. The normalized spacial score (nSPS) is 12.4. The average Bonchev–Trinajstić information content (AvgIpc) is 2.82. The molecule has 0 aromatic rings. The zero-order valence-electron chi connectivity index (χ0n) is 23.8. The summed E-state index contributed by atoms with van der Waals surface area (Å²) in [5.74, 6) is -0.422. The Hall–Kier alpha value is -1.38. The number of rotatable bonds is 24. The smallest absolute Gasteiger partial charge is 0.408 e. The number of carbonyl (C=O) groups excluding carboxylic acids is 2. The van der Waals surface area contributed by atoms with Gasteiger partial charge in [0.15, 0.2) is 0 Å². The SMILES string of the molecule is CCCCCCCCCCCCCCOCCCNCCCNC(=O)[C@@H](CO)NC(=O)OC(C)(C)C. The average molecular weight is 516 g/mol. The summed E-state index contributed by atoms with van der Waals surface area (Å²) in [5, 5.41) is 17.8. The number of amides is 2. The van der Waals surface area contributed by atoms with Gasteiger partial charge in [-0.25, -0.2) is 4.79 Å². The minimum Gasteiger partial charge on any atom is -0.444 e. The Morgan fingerprint density at radius 3 is 1.83 bits per heavy atom. The maximum absolute atomic E-state index is 12.1. The number of hydrogen-bond donors (Lipinski definition) is 4. The van der Waals surface area contributed by atoms with Gasteiger partial charge in [-0.1, -0.05) is 77.6 Å². The van der Waals surface area contributed by atoms with Crippen LogP contribution in [0.4, 0.5) is 4.79 Å². The standard InChI is InChI=1S/C28H57N3O5/c1-5-6-7-8-9-10-11-12-13-14-15-16-22-35-23-18-20-29-19-17-21-30-26(33)25(24-32)31-27(34)36-28(2,3)4/h25,29,32H,5-24H2,1-4H3,(H,30,33)(H,31,34)/t25-/m1/s1. The lowest BCUT2D eigenvalue weighted by atomic mass is 10.1. The highest BCUT2D eigenvalue weighted by Crippen LogP contribution is 2.12. The molecule has 0 heterocycles. The van der Waals surface area contributed by atoms with Gasteiger partial charge in [-0.2, -0.15) is 0 Å². The van der Waals surface area contributed by atoms with Gasteiger partial charge < -0.3 is 30.5 Å².